The lowest BCUT2D eigenvalue weighted by Crippen LogP contribution is -2.37. The Morgan fingerprint density at radius 2 is 1.82 bits per heavy atom. The van der Waals surface area contributed by atoms with Crippen molar-refractivity contribution in [2.75, 3.05) is 32.6 Å². The van der Waals surface area contributed by atoms with E-state index in [4.69, 9.17) is 4.74 Å². The van der Waals surface area contributed by atoms with Gasteiger partial charge in [0.05, 0.1) is 5.75 Å². The molecule has 1 heterocycles. The SMILES string of the molecule is COCCCCS(=O)(=O)N1CCC(=Cc2ccccc2)CC1. The van der Waals surface area contributed by atoms with Crippen LogP contribution in [0.2, 0.25) is 0 Å². The molecule has 0 aromatic heterocycles. The molecular weight excluding hydrogens is 298 g/mol. The summed E-state index contributed by atoms with van der Waals surface area (Å²) in [5, 5.41) is 0. The van der Waals surface area contributed by atoms with Gasteiger partial charge in [0.2, 0.25) is 10.0 Å². The molecule has 1 aliphatic heterocycles. The van der Waals surface area contributed by atoms with Gasteiger partial charge in [-0.3, -0.25) is 0 Å². The van der Waals surface area contributed by atoms with Crippen LogP contribution in [0, 0.1) is 0 Å². The molecule has 0 aliphatic carbocycles. The van der Waals surface area contributed by atoms with Gasteiger partial charge in [0.25, 0.3) is 0 Å². The average Bonchev–Trinajstić information content (AvgIpc) is 2.53. The van der Waals surface area contributed by atoms with Crippen LogP contribution in [-0.2, 0) is 14.8 Å². The van der Waals surface area contributed by atoms with Crippen LogP contribution < -0.4 is 0 Å². The minimum Gasteiger partial charge on any atom is -0.385 e. The van der Waals surface area contributed by atoms with E-state index in [1.807, 2.05) is 18.2 Å². The summed E-state index contributed by atoms with van der Waals surface area (Å²) in [6, 6.07) is 10.2. The third-order valence-electron chi connectivity index (χ3n) is 3.93. The first-order valence-corrected chi connectivity index (χ1v) is 9.44. The zero-order valence-corrected chi connectivity index (χ0v) is 14.0. The van der Waals surface area contributed by atoms with Gasteiger partial charge in [-0.05, 0) is 31.2 Å². The molecule has 122 valence electrons. The van der Waals surface area contributed by atoms with Crippen LogP contribution >= 0.6 is 0 Å². The second-order valence-corrected chi connectivity index (χ2v) is 7.72. The smallest absolute Gasteiger partial charge is 0.214 e. The van der Waals surface area contributed by atoms with Crippen molar-refractivity contribution in [3.8, 4) is 0 Å². The van der Waals surface area contributed by atoms with E-state index >= 15 is 0 Å². The van der Waals surface area contributed by atoms with Gasteiger partial charge in [0.15, 0.2) is 0 Å². The zero-order chi connectivity index (χ0) is 15.8. The normalized spacial score (nSPS) is 16.7. The third-order valence-corrected chi connectivity index (χ3v) is 5.89. The van der Waals surface area contributed by atoms with Gasteiger partial charge in [-0.2, -0.15) is 0 Å². The average molecular weight is 323 g/mol. The maximum atomic E-state index is 12.3. The van der Waals surface area contributed by atoms with Gasteiger partial charge in [0.1, 0.15) is 0 Å². The lowest BCUT2D eigenvalue weighted by molar-refractivity contribution is 0.194. The molecule has 0 spiro atoms. The molecule has 0 unspecified atom stereocenters. The Hall–Kier alpha value is -1.17. The highest BCUT2D eigenvalue weighted by molar-refractivity contribution is 7.89. The van der Waals surface area contributed by atoms with Gasteiger partial charge < -0.3 is 4.74 Å². The predicted molar refractivity (Wildman–Crippen MR) is 90.1 cm³/mol. The number of rotatable bonds is 7. The fourth-order valence-electron chi connectivity index (χ4n) is 2.64. The van der Waals surface area contributed by atoms with Crippen LogP contribution in [-0.4, -0.2) is 45.3 Å². The molecular formula is C17H25NO3S. The summed E-state index contributed by atoms with van der Waals surface area (Å²) >= 11 is 0. The summed E-state index contributed by atoms with van der Waals surface area (Å²) < 4.78 is 31.2. The number of sulfonamides is 1. The lowest BCUT2D eigenvalue weighted by Gasteiger charge is -2.27. The van der Waals surface area contributed by atoms with E-state index in [2.05, 4.69) is 18.2 Å². The van der Waals surface area contributed by atoms with E-state index < -0.39 is 10.0 Å². The molecule has 1 aromatic carbocycles. The molecule has 2 rings (SSSR count). The number of ether oxygens (including phenoxy) is 1. The summed E-state index contributed by atoms with van der Waals surface area (Å²) in [5.41, 5.74) is 2.52. The Labute approximate surface area is 133 Å². The van der Waals surface area contributed by atoms with Crippen molar-refractivity contribution in [3.63, 3.8) is 0 Å². The molecule has 5 heteroatoms. The van der Waals surface area contributed by atoms with Gasteiger partial charge in [-0.1, -0.05) is 42.0 Å². The standard InChI is InChI=1S/C17H25NO3S/c1-21-13-5-6-14-22(19,20)18-11-9-17(10-12-18)15-16-7-3-2-4-8-16/h2-4,7-8,15H,5-6,9-14H2,1H3. The Morgan fingerprint density at radius 3 is 2.45 bits per heavy atom. The van der Waals surface area contributed by atoms with Crippen molar-refractivity contribution < 1.29 is 13.2 Å². The molecule has 0 amide bonds. The maximum absolute atomic E-state index is 12.3. The Morgan fingerprint density at radius 1 is 1.14 bits per heavy atom. The fraction of sp³-hybridized carbons (Fsp3) is 0.529. The van der Waals surface area contributed by atoms with E-state index in [1.54, 1.807) is 11.4 Å². The number of piperidine rings is 1. The van der Waals surface area contributed by atoms with Crippen LogP contribution in [0.5, 0.6) is 0 Å². The summed E-state index contributed by atoms with van der Waals surface area (Å²) in [4.78, 5) is 0. The zero-order valence-electron chi connectivity index (χ0n) is 13.2. The molecule has 1 aliphatic rings. The van der Waals surface area contributed by atoms with Crippen LogP contribution in [0.15, 0.2) is 35.9 Å². The van der Waals surface area contributed by atoms with Gasteiger partial charge in [-0.25, -0.2) is 12.7 Å². The number of hydrogen-bond donors (Lipinski definition) is 0. The van der Waals surface area contributed by atoms with E-state index in [-0.39, 0.29) is 5.75 Å². The quantitative estimate of drug-likeness (QED) is 0.725. The highest BCUT2D eigenvalue weighted by atomic mass is 32.2. The summed E-state index contributed by atoms with van der Waals surface area (Å²) in [7, 11) is -1.47. The topological polar surface area (TPSA) is 46.6 Å². The van der Waals surface area contributed by atoms with Crippen molar-refractivity contribution in [2.24, 2.45) is 0 Å². The monoisotopic (exact) mass is 323 g/mol. The molecule has 22 heavy (non-hydrogen) atoms. The first kappa shape index (κ1) is 17.2. The van der Waals surface area contributed by atoms with Crippen molar-refractivity contribution >= 4 is 16.1 Å². The summed E-state index contributed by atoms with van der Waals surface area (Å²) in [5.74, 6) is 0.230. The van der Waals surface area contributed by atoms with Gasteiger partial charge in [-0.15, -0.1) is 0 Å². The van der Waals surface area contributed by atoms with Crippen LogP contribution in [0.3, 0.4) is 0 Å². The largest absolute Gasteiger partial charge is 0.385 e. The highest BCUT2D eigenvalue weighted by Gasteiger charge is 2.24. The summed E-state index contributed by atoms with van der Waals surface area (Å²) in [6.45, 7) is 1.83. The second kappa shape index (κ2) is 8.46. The van der Waals surface area contributed by atoms with Crippen LogP contribution in [0.25, 0.3) is 6.08 Å². The Balaban J connectivity index is 1.85. The molecule has 4 nitrogen and oxygen atoms in total. The molecule has 1 aromatic rings. The van der Waals surface area contributed by atoms with Gasteiger partial charge in [0, 0.05) is 26.8 Å². The second-order valence-electron chi connectivity index (χ2n) is 5.63. The van der Waals surface area contributed by atoms with Crippen molar-refractivity contribution in [2.45, 2.75) is 25.7 Å². The molecule has 0 saturated carbocycles. The first-order chi connectivity index (χ1) is 10.6. The maximum Gasteiger partial charge on any atom is 0.214 e. The predicted octanol–water partition coefficient (Wildman–Crippen LogP) is 2.92. The minimum absolute atomic E-state index is 0.230. The molecule has 0 N–H and O–H groups in total. The number of methoxy groups -OCH3 is 1. The van der Waals surface area contributed by atoms with E-state index in [1.165, 1.54) is 11.1 Å². The Bertz CT molecular complexity index is 571. The van der Waals surface area contributed by atoms with Crippen molar-refractivity contribution in [1.82, 2.24) is 4.31 Å². The molecule has 0 bridgehead atoms. The van der Waals surface area contributed by atoms with Crippen molar-refractivity contribution in [1.29, 1.82) is 0 Å². The molecule has 1 fully saturated rings. The van der Waals surface area contributed by atoms with Crippen molar-refractivity contribution in [3.05, 3.63) is 41.5 Å². The van der Waals surface area contributed by atoms with E-state index in [0.29, 0.717) is 26.1 Å². The van der Waals surface area contributed by atoms with Crippen LogP contribution in [0.1, 0.15) is 31.2 Å². The number of nitrogens with zero attached hydrogens (tertiary/aromatic N) is 1. The number of hydrogen-bond acceptors (Lipinski definition) is 3. The van der Waals surface area contributed by atoms with Crippen LogP contribution in [0.4, 0.5) is 0 Å². The number of unbranched alkanes of at least 4 members (excludes halogenated alkanes) is 1. The molecule has 1 saturated heterocycles. The molecule has 0 radical (unpaired) electrons. The van der Waals surface area contributed by atoms with E-state index in [9.17, 15) is 8.42 Å². The first-order valence-electron chi connectivity index (χ1n) is 7.83. The minimum atomic E-state index is -3.11. The third kappa shape index (κ3) is 5.23. The fourth-order valence-corrected chi connectivity index (χ4v) is 4.21. The van der Waals surface area contributed by atoms with Gasteiger partial charge >= 0.3 is 0 Å². The van der Waals surface area contributed by atoms with E-state index in [0.717, 1.165) is 19.3 Å². The summed E-state index contributed by atoms with van der Waals surface area (Å²) in [6.07, 6.45) is 5.29. The number of benzene rings is 1. The highest BCUT2D eigenvalue weighted by Crippen LogP contribution is 2.22. The lowest BCUT2D eigenvalue weighted by atomic mass is 10.0. The Kier molecular flexibility index (Phi) is 6.61. The molecule has 0 atom stereocenters.